The maximum Gasteiger partial charge on any atom is 0.253 e. The number of carbonyl (C=O) groups excluding carboxylic acids is 1. The van der Waals surface area contributed by atoms with E-state index in [0.717, 1.165) is 42.9 Å². The zero-order valence-electron chi connectivity index (χ0n) is 13.5. The van der Waals surface area contributed by atoms with E-state index in [1.807, 2.05) is 43.4 Å². The zero-order chi connectivity index (χ0) is 15.7. The molecule has 0 saturated heterocycles. The van der Waals surface area contributed by atoms with Gasteiger partial charge in [0.25, 0.3) is 5.91 Å². The Morgan fingerprint density at radius 3 is 3.00 bits per heavy atom. The fraction of sp³-hybridized carbons (Fsp3) is 0.444. The number of amides is 1. The molecule has 2 aromatic rings. The van der Waals surface area contributed by atoms with Gasteiger partial charge in [0.15, 0.2) is 0 Å². The molecule has 0 radical (unpaired) electrons. The quantitative estimate of drug-likeness (QED) is 0.873. The number of aromatic nitrogens is 2. The number of hydrogen-bond donors (Lipinski definition) is 0. The van der Waals surface area contributed by atoms with Gasteiger partial charge in [0, 0.05) is 44.5 Å². The molecule has 1 aliphatic rings. The van der Waals surface area contributed by atoms with Crippen LogP contribution >= 0.6 is 0 Å². The van der Waals surface area contributed by atoms with Gasteiger partial charge in [-0.2, -0.15) is 0 Å². The molecule has 22 heavy (non-hydrogen) atoms. The van der Waals surface area contributed by atoms with Crippen molar-refractivity contribution in [3.8, 4) is 0 Å². The van der Waals surface area contributed by atoms with E-state index in [-0.39, 0.29) is 5.91 Å². The minimum atomic E-state index is 0.117. The molecule has 1 atom stereocenters. The van der Waals surface area contributed by atoms with E-state index in [2.05, 4.69) is 22.5 Å². The Balaban J connectivity index is 1.67. The summed E-state index contributed by atoms with van der Waals surface area (Å²) in [7, 11) is 1.91. The summed E-state index contributed by atoms with van der Waals surface area (Å²) in [5, 5.41) is 0. The van der Waals surface area contributed by atoms with Crippen molar-refractivity contribution in [2.75, 3.05) is 13.6 Å². The number of imidazole rings is 1. The second-order valence-electron chi connectivity index (χ2n) is 6.40. The molecular formula is C18H23N3O. The van der Waals surface area contributed by atoms with Crippen LogP contribution in [-0.4, -0.2) is 34.0 Å². The number of rotatable bonds is 3. The molecule has 4 heteroatoms. The molecule has 116 valence electrons. The third-order valence-corrected chi connectivity index (χ3v) is 4.54. The Hall–Kier alpha value is -2.10. The number of fused-ring (bicyclic) bond motifs is 1. The minimum absolute atomic E-state index is 0.117. The SMILES string of the molecule is Cc1ccc(C(=O)N(C)C[C@H]2CCn3ccnc3C2)c(C)c1. The van der Waals surface area contributed by atoms with Gasteiger partial charge >= 0.3 is 0 Å². The number of carbonyl (C=O) groups is 1. The lowest BCUT2D eigenvalue weighted by atomic mass is 9.96. The zero-order valence-corrected chi connectivity index (χ0v) is 13.5. The van der Waals surface area contributed by atoms with Gasteiger partial charge in [-0.3, -0.25) is 4.79 Å². The van der Waals surface area contributed by atoms with Crippen molar-refractivity contribution in [1.29, 1.82) is 0 Å². The Bertz CT molecular complexity index is 689. The monoisotopic (exact) mass is 297 g/mol. The molecule has 0 unspecified atom stereocenters. The van der Waals surface area contributed by atoms with Crippen LogP contribution < -0.4 is 0 Å². The standard InChI is InChI=1S/C18H23N3O/c1-13-4-5-16(14(2)10-13)18(22)20(3)12-15-6-8-21-9-7-19-17(21)11-15/h4-5,7,9-10,15H,6,8,11-12H2,1-3H3/t15-/m0/s1. The van der Waals surface area contributed by atoms with E-state index < -0.39 is 0 Å². The second-order valence-corrected chi connectivity index (χ2v) is 6.40. The molecule has 1 aromatic heterocycles. The average molecular weight is 297 g/mol. The Labute approximate surface area is 131 Å². The third-order valence-electron chi connectivity index (χ3n) is 4.54. The molecule has 4 nitrogen and oxygen atoms in total. The molecule has 0 saturated carbocycles. The van der Waals surface area contributed by atoms with Crippen molar-refractivity contribution in [2.45, 2.75) is 33.2 Å². The smallest absolute Gasteiger partial charge is 0.253 e. The van der Waals surface area contributed by atoms with Gasteiger partial charge in [-0.15, -0.1) is 0 Å². The van der Waals surface area contributed by atoms with Crippen LogP contribution in [0.4, 0.5) is 0 Å². The highest BCUT2D eigenvalue weighted by Gasteiger charge is 2.23. The summed E-state index contributed by atoms with van der Waals surface area (Å²) in [5.74, 6) is 1.75. The minimum Gasteiger partial charge on any atom is -0.341 e. The summed E-state index contributed by atoms with van der Waals surface area (Å²) in [4.78, 5) is 18.9. The van der Waals surface area contributed by atoms with E-state index in [0.29, 0.717) is 5.92 Å². The van der Waals surface area contributed by atoms with Crippen LogP contribution in [0, 0.1) is 19.8 Å². The van der Waals surface area contributed by atoms with Crippen LogP contribution in [0.2, 0.25) is 0 Å². The first kappa shape index (κ1) is 14.8. The highest BCUT2D eigenvalue weighted by molar-refractivity contribution is 5.95. The molecule has 1 aromatic carbocycles. The highest BCUT2D eigenvalue weighted by Crippen LogP contribution is 2.21. The van der Waals surface area contributed by atoms with Gasteiger partial charge in [-0.25, -0.2) is 4.98 Å². The molecule has 3 rings (SSSR count). The highest BCUT2D eigenvalue weighted by atomic mass is 16.2. The number of benzene rings is 1. The normalized spacial score (nSPS) is 17.1. The Morgan fingerprint density at radius 2 is 2.23 bits per heavy atom. The molecule has 1 amide bonds. The average Bonchev–Trinajstić information content (AvgIpc) is 2.94. The van der Waals surface area contributed by atoms with Crippen LogP contribution in [0.15, 0.2) is 30.6 Å². The number of hydrogen-bond acceptors (Lipinski definition) is 2. The van der Waals surface area contributed by atoms with E-state index in [1.54, 1.807) is 0 Å². The lowest BCUT2D eigenvalue weighted by Gasteiger charge is -2.28. The first-order valence-electron chi connectivity index (χ1n) is 7.87. The van der Waals surface area contributed by atoms with Gasteiger partial charge in [0.05, 0.1) is 0 Å². The summed E-state index contributed by atoms with van der Waals surface area (Å²) in [6.07, 6.45) is 5.96. The molecule has 0 fully saturated rings. The molecule has 0 spiro atoms. The molecule has 2 heterocycles. The van der Waals surface area contributed by atoms with Crippen LogP contribution in [0.1, 0.15) is 33.7 Å². The van der Waals surface area contributed by atoms with Crippen molar-refractivity contribution in [3.63, 3.8) is 0 Å². The fourth-order valence-electron chi connectivity index (χ4n) is 3.30. The molecule has 0 N–H and O–H groups in total. The molecule has 1 aliphatic heterocycles. The topological polar surface area (TPSA) is 38.1 Å². The van der Waals surface area contributed by atoms with Crippen molar-refractivity contribution in [2.24, 2.45) is 5.92 Å². The van der Waals surface area contributed by atoms with Crippen LogP contribution in [0.3, 0.4) is 0 Å². The van der Waals surface area contributed by atoms with Crippen molar-refractivity contribution in [3.05, 3.63) is 53.1 Å². The van der Waals surface area contributed by atoms with Crippen LogP contribution in [0.5, 0.6) is 0 Å². The van der Waals surface area contributed by atoms with Crippen LogP contribution in [-0.2, 0) is 13.0 Å². The summed E-state index contributed by atoms with van der Waals surface area (Å²) in [5.41, 5.74) is 3.05. The Morgan fingerprint density at radius 1 is 1.41 bits per heavy atom. The Kier molecular flexibility index (Phi) is 4.01. The van der Waals surface area contributed by atoms with E-state index in [4.69, 9.17) is 0 Å². The molecule has 0 bridgehead atoms. The maximum atomic E-state index is 12.7. The summed E-state index contributed by atoms with van der Waals surface area (Å²) < 4.78 is 2.21. The lowest BCUT2D eigenvalue weighted by Crippen LogP contribution is -2.35. The first-order valence-corrected chi connectivity index (χ1v) is 7.87. The molecular weight excluding hydrogens is 274 g/mol. The maximum absolute atomic E-state index is 12.7. The number of nitrogens with zero attached hydrogens (tertiary/aromatic N) is 3. The van der Waals surface area contributed by atoms with Gasteiger partial charge < -0.3 is 9.47 Å². The van der Waals surface area contributed by atoms with E-state index in [1.165, 1.54) is 5.56 Å². The van der Waals surface area contributed by atoms with Crippen molar-refractivity contribution < 1.29 is 4.79 Å². The first-order chi connectivity index (χ1) is 10.5. The predicted octanol–water partition coefficient (Wildman–Crippen LogP) is 2.83. The summed E-state index contributed by atoms with van der Waals surface area (Å²) in [6, 6.07) is 6.01. The van der Waals surface area contributed by atoms with E-state index >= 15 is 0 Å². The van der Waals surface area contributed by atoms with Gasteiger partial charge in [0.1, 0.15) is 5.82 Å². The summed E-state index contributed by atoms with van der Waals surface area (Å²) >= 11 is 0. The van der Waals surface area contributed by atoms with Gasteiger partial charge in [-0.1, -0.05) is 17.7 Å². The van der Waals surface area contributed by atoms with E-state index in [9.17, 15) is 4.79 Å². The van der Waals surface area contributed by atoms with Crippen molar-refractivity contribution >= 4 is 5.91 Å². The number of aryl methyl sites for hydroxylation is 3. The fourth-order valence-corrected chi connectivity index (χ4v) is 3.30. The van der Waals surface area contributed by atoms with Crippen molar-refractivity contribution in [1.82, 2.24) is 14.5 Å². The van der Waals surface area contributed by atoms with Gasteiger partial charge in [0.2, 0.25) is 0 Å². The van der Waals surface area contributed by atoms with Crippen LogP contribution in [0.25, 0.3) is 0 Å². The van der Waals surface area contributed by atoms with Gasteiger partial charge in [-0.05, 0) is 37.8 Å². The largest absolute Gasteiger partial charge is 0.341 e. The lowest BCUT2D eigenvalue weighted by molar-refractivity contribution is 0.0763. The summed E-state index contributed by atoms with van der Waals surface area (Å²) in [6.45, 7) is 5.85. The third kappa shape index (κ3) is 2.91. The molecule has 0 aliphatic carbocycles. The predicted molar refractivity (Wildman–Crippen MR) is 86.9 cm³/mol. The second kappa shape index (κ2) is 5.95.